The van der Waals surface area contributed by atoms with Crippen molar-refractivity contribution < 1.29 is 0 Å². The molecular weight excluding hydrogens is 295 g/mol. The van der Waals surface area contributed by atoms with Crippen LogP contribution in [0.2, 0.25) is 10.0 Å². The number of nitrogens with zero attached hydrogens (tertiary/aromatic N) is 2. The van der Waals surface area contributed by atoms with Gasteiger partial charge in [0.1, 0.15) is 0 Å². The van der Waals surface area contributed by atoms with E-state index in [0.717, 1.165) is 16.8 Å². The van der Waals surface area contributed by atoms with Crippen molar-refractivity contribution >= 4 is 23.2 Å². The second kappa shape index (κ2) is 5.98. The minimum atomic E-state index is -0.0611. The second-order valence-corrected chi connectivity index (χ2v) is 5.87. The standard InChI is InChI=1S/C15H16Cl2N2O/c1-9(2)11-7-10(18-19(3)15(11)20)8-12-13(16)5-4-6-14(12)17/h4-7,9H,8H2,1-3H3. The van der Waals surface area contributed by atoms with E-state index in [4.69, 9.17) is 23.2 Å². The Bertz CT molecular complexity index is 673. The number of hydrogen-bond donors (Lipinski definition) is 0. The Labute approximate surface area is 128 Å². The summed E-state index contributed by atoms with van der Waals surface area (Å²) in [6, 6.07) is 7.25. The van der Waals surface area contributed by atoms with Crippen molar-refractivity contribution in [1.29, 1.82) is 0 Å². The first-order valence-electron chi connectivity index (χ1n) is 6.40. The summed E-state index contributed by atoms with van der Waals surface area (Å²) in [5, 5.41) is 5.50. The fourth-order valence-electron chi connectivity index (χ4n) is 2.08. The SMILES string of the molecule is CC(C)c1cc(Cc2c(Cl)cccc2Cl)nn(C)c1=O. The van der Waals surface area contributed by atoms with Crippen LogP contribution in [0, 0.1) is 0 Å². The third-order valence-electron chi connectivity index (χ3n) is 3.18. The highest BCUT2D eigenvalue weighted by atomic mass is 35.5. The predicted molar refractivity (Wildman–Crippen MR) is 82.8 cm³/mol. The summed E-state index contributed by atoms with van der Waals surface area (Å²) in [5.41, 5.74) is 2.30. The molecular formula is C15H16Cl2N2O. The fraction of sp³-hybridized carbons (Fsp3) is 0.333. The van der Waals surface area contributed by atoms with Crippen LogP contribution in [0.25, 0.3) is 0 Å². The van der Waals surface area contributed by atoms with Gasteiger partial charge in [0, 0.05) is 29.1 Å². The summed E-state index contributed by atoms with van der Waals surface area (Å²) in [5.74, 6) is 0.150. The molecule has 0 radical (unpaired) electrons. The smallest absolute Gasteiger partial charge is 0.268 e. The summed E-state index contributed by atoms with van der Waals surface area (Å²) in [7, 11) is 1.66. The molecule has 0 saturated carbocycles. The predicted octanol–water partition coefficient (Wildman–Crippen LogP) is 3.80. The van der Waals surface area contributed by atoms with Crippen molar-refractivity contribution in [2.24, 2.45) is 7.05 Å². The molecule has 0 saturated heterocycles. The Morgan fingerprint density at radius 1 is 1.25 bits per heavy atom. The second-order valence-electron chi connectivity index (χ2n) is 5.05. The molecule has 1 aromatic heterocycles. The molecule has 5 heteroatoms. The average Bonchev–Trinajstić information content (AvgIpc) is 2.37. The average molecular weight is 311 g/mol. The van der Waals surface area contributed by atoms with Gasteiger partial charge in [-0.1, -0.05) is 43.1 Å². The maximum absolute atomic E-state index is 12.0. The lowest BCUT2D eigenvalue weighted by Crippen LogP contribution is -2.25. The van der Waals surface area contributed by atoms with Gasteiger partial charge in [-0.05, 0) is 29.7 Å². The van der Waals surface area contributed by atoms with Crippen LogP contribution in [0.4, 0.5) is 0 Å². The molecule has 2 aromatic rings. The van der Waals surface area contributed by atoms with E-state index < -0.39 is 0 Å². The van der Waals surface area contributed by atoms with Gasteiger partial charge in [-0.25, -0.2) is 4.68 Å². The zero-order chi connectivity index (χ0) is 14.9. The van der Waals surface area contributed by atoms with Gasteiger partial charge in [-0.15, -0.1) is 0 Å². The van der Waals surface area contributed by atoms with Crippen molar-refractivity contribution in [2.45, 2.75) is 26.2 Å². The number of halogens is 2. The molecule has 0 aliphatic heterocycles. The molecule has 0 aliphatic rings. The Morgan fingerprint density at radius 2 is 1.85 bits per heavy atom. The zero-order valence-electron chi connectivity index (χ0n) is 11.7. The number of rotatable bonds is 3. The Balaban J connectivity index is 2.47. The fourth-order valence-corrected chi connectivity index (χ4v) is 2.61. The van der Waals surface area contributed by atoms with Crippen LogP contribution < -0.4 is 5.56 Å². The highest BCUT2D eigenvalue weighted by Crippen LogP contribution is 2.26. The van der Waals surface area contributed by atoms with Gasteiger partial charge < -0.3 is 0 Å². The number of aryl methyl sites for hydroxylation is 1. The van der Waals surface area contributed by atoms with Crippen molar-refractivity contribution in [3.05, 3.63) is 61.5 Å². The number of aromatic nitrogens is 2. The molecule has 20 heavy (non-hydrogen) atoms. The molecule has 1 aromatic carbocycles. The van der Waals surface area contributed by atoms with Crippen LogP contribution >= 0.6 is 23.2 Å². The third-order valence-corrected chi connectivity index (χ3v) is 3.89. The Kier molecular flexibility index (Phi) is 4.51. The van der Waals surface area contributed by atoms with E-state index >= 15 is 0 Å². The molecule has 3 nitrogen and oxygen atoms in total. The molecule has 0 aliphatic carbocycles. The van der Waals surface area contributed by atoms with Crippen molar-refractivity contribution in [1.82, 2.24) is 9.78 Å². The first kappa shape index (κ1) is 15.1. The minimum Gasteiger partial charge on any atom is -0.268 e. The quantitative estimate of drug-likeness (QED) is 0.864. The van der Waals surface area contributed by atoms with Gasteiger partial charge in [0.2, 0.25) is 0 Å². The van der Waals surface area contributed by atoms with Crippen molar-refractivity contribution in [2.75, 3.05) is 0 Å². The van der Waals surface area contributed by atoms with Gasteiger partial charge >= 0.3 is 0 Å². The third kappa shape index (κ3) is 3.05. The van der Waals surface area contributed by atoms with E-state index in [2.05, 4.69) is 5.10 Å². The normalized spacial score (nSPS) is 11.1. The molecule has 0 bridgehead atoms. The van der Waals surface area contributed by atoms with Crippen LogP contribution in [0.15, 0.2) is 29.1 Å². The summed E-state index contributed by atoms with van der Waals surface area (Å²) in [6.45, 7) is 3.98. The van der Waals surface area contributed by atoms with Gasteiger partial charge in [-0.3, -0.25) is 4.79 Å². The first-order valence-corrected chi connectivity index (χ1v) is 7.15. The Hall–Kier alpha value is -1.32. The minimum absolute atomic E-state index is 0.0611. The molecule has 1 heterocycles. The molecule has 0 spiro atoms. The van der Waals surface area contributed by atoms with E-state index in [1.54, 1.807) is 19.2 Å². The monoisotopic (exact) mass is 310 g/mol. The number of benzene rings is 1. The molecule has 0 fully saturated rings. The van der Waals surface area contributed by atoms with Crippen LogP contribution in [0.5, 0.6) is 0 Å². The van der Waals surface area contributed by atoms with Crippen molar-refractivity contribution in [3.63, 3.8) is 0 Å². The van der Waals surface area contributed by atoms with Gasteiger partial charge in [0.05, 0.1) is 5.69 Å². The van der Waals surface area contributed by atoms with E-state index in [1.165, 1.54) is 4.68 Å². The summed E-state index contributed by atoms with van der Waals surface area (Å²) in [4.78, 5) is 12.0. The lowest BCUT2D eigenvalue weighted by atomic mass is 10.0. The molecule has 106 valence electrons. The Morgan fingerprint density at radius 3 is 2.40 bits per heavy atom. The van der Waals surface area contributed by atoms with E-state index in [9.17, 15) is 4.79 Å². The largest absolute Gasteiger partial charge is 0.269 e. The highest BCUT2D eigenvalue weighted by Gasteiger charge is 2.12. The highest BCUT2D eigenvalue weighted by molar-refractivity contribution is 6.36. The zero-order valence-corrected chi connectivity index (χ0v) is 13.2. The van der Waals surface area contributed by atoms with Crippen LogP contribution in [-0.2, 0) is 13.5 Å². The summed E-state index contributed by atoms with van der Waals surface area (Å²) in [6.07, 6.45) is 0.506. The topological polar surface area (TPSA) is 34.9 Å². The lowest BCUT2D eigenvalue weighted by molar-refractivity contribution is 0.658. The van der Waals surface area contributed by atoms with Gasteiger partial charge in [0.25, 0.3) is 5.56 Å². The van der Waals surface area contributed by atoms with E-state index in [0.29, 0.717) is 16.5 Å². The van der Waals surface area contributed by atoms with Gasteiger partial charge in [0.15, 0.2) is 0 Å². The lowest BCUT2D eigenvalue weighted by Gasteiger charge is -2.11. The molecule has 2 rings (SSSR count). The van der Waals surface area contributed by atoms with Crippen LogP contribution in [0.3, 0.4) is 0 Å². The van der Waals surface area contributed by atoms with E-state index in [-0.39, 0.29) is 11.5 Å². The maximum atomic E-state index is 12.0. The van der Waals surface area contributed by atoms with Crippen molar-refractivity contribution in [3.8, 4) is 0 Å². The summed E-state index contributed by atoms with van der Waals surface area (Å²) >= 11 is 12.3. The summed E-state index contributed by atoms with van der Waals surface area (Å²) < 4.78 is 1.37. The van der Waals surface area contributed by atoms with E-state index in [1.807, 2.05) is 26.0 Å². The molecule has 0 amide bonds. The molecule has 0 atom stereocenters. The molecule has 0 unspecified atom stereocenters. The van der Waals surface area contributed by atoms with Crippen LogP contribution in [-0.4, -0.2) is 9.78 Å². The first-order chi connectivity index (χ1) is 9.40. The van der Waals surface area contributed by atoms with Crippen LogP contribution in [0.1, 0.15) is 36.6 Å². The molecule has 0 N–H and O–H groups in total. The maximum Gasteiger partial charge on any atom is 0.269 e. The van der Waals surface area contributed by atoms with Gasteiger partial charge in [-0.2, -0.15) is 5.10 Å². The number of hydrogen-bond acceptors (Lipinski definition) is 2.